The van der Waals surface area contributed by atoms with Crippen LogP contribution in [0.5, 0.6) is 0 Å². The number of anilines is 1. The summed E-state index contributed by atoms with van der Waals surface area (Å²) in [7, 11) is 0.495. The van der Waals surface area contributed by atoms with Gasteiger partial charge in [0.2, 0.25) is 10.0 Å². The van der Waals surface area contributed by atoms with Crippen molar-refractivity contribution >= 4 is 26.9 Å². The van der Waals surface area contributed by atoms with Crippen molar-refractivity contribution in [2.24, 2.45) is 7.05 Å². The van der Waals surface area contributed by atoms with Crippen molar-refractivity contribution in [2.45, 2.75) is 37.0 Å². The van der Waals surface area contributed by atoms with Crippen molar-refractivity contribution in [1.82, 2.24) is 24.1 Å². The molecule has 1 saturated carbocycles. The molecule has 0 radical (unpaired) electrons. The Morgan fingerprint density at radius 3 is 2.54 bits per heavy atom. The van der Waals surface area contributed by atoms with Gasteiger partial charge in [-0.25, -0.2) is 22.7 Å². The van der Waals surface area contributed by atoms with Gasteiger partial charge in [0.25, 0.3) is 0 Å². The molecule has 2 aromatic heterocycles. The van der Waals surface area contributed by atoms with Crippen molar-refractivity contribution < 1.29 is 8.42 Å². The minimum absolute atomic E-state index is 0.0816. The SMILES string of the molecule is CN(C1CCN(c2ncnc3c2cnn3C)CC1)S(=O)(=O)C1CC1. The second-order valence-electron chi connectivity index (χ2n) is 6.68. The molecule has 0 amide bonds. The van der Waals surface area contributed by atoms with Crippen molar-refractivity contribution in [2.75, 3.05) is 25.0 Å². The minimum Gasteiger partial charge on any atom is -0.356 e. The molecule has 2 fully saturated rings. The van der Waals surface area contributed by atoms with Crippen molar-refractivity contribution in [3.63, 3.8) is 0 Å². The Morgan fingerprint density at radius 2 is 1.88 bits per heavy atom. The number of hydrogen-bond donors (Lipinski definition) is 0. The van der Waals surface area contributed by atoms with E-state index in [4.69, 9.17) is 0 Å². The highest BCUT2D eigenvalue weighted by atomic mass is 32.2. The topological polar surface area (TPSA) is 84.2 Å². The van der Waals surface area contributed by atoms with Crippen molar-refractivity contribution in [3.05, 3.63) is 12.5 Å². The van der Waals surface area contributed by atoms with Crippen LogP contribution in [0.2, 0.25) is 0 Å². The van der Waals surface area contributed by atoms with Crippen LogP contribution in [0.1, 0.15) is 25.7 Å². The van der Waals surface area contributed by atoms with E-state index in [0.717, 1.165) is 55.6 Å². The van der Waals surface area contributed by atoms with E-state index in [1.807, 2.05) is 7.05 Å². The number of aromatic nitrogens is 4. The zero-order valence-electron chi connectivity index (χ0n) is 14.0. The van der Waals surface area contributed by atoms with E-state index < -0.39 is 10.0 Å². The first kappa shape index (κ1) is 15.8. The van der Waals surface area contributed by atoms with Gasteiger partial charge in [0.05, 0.1) is 16.8 Å². The lowest BCUT2D eigenvalue weighted by Crippen LogP contribution is -2.46. The fourth-order valence-electron chi connectivity index (χ4n) is 3.45. The monoisotopic (exact) mass is 350 g/mol. The van der Waals surface area contributed by atoms with Gasteiger partial charge in [0.15, 0.2) is 5.65 Å². The maximum Gasteiger partial charge on any atom is 0.216 e. The Bertz CT molecular complexity index is 852. The van der Waals surface area contributed by atoms with Gasteiger partial charge in [-0.3, -0.25) is 4.68 Å². The summed E-state index contributed by atoms with van der Waals surface area (Å²) in [4.78, 5) is 10.9. The highest BCUT2D eigenvalue weighted by molar-refractivity contribution is 7.90. The number of fused-ring (bicyclic) bond motifs is 1. The van der Waals surface area contributed by atoms with E-state index in [0.29, 0.717) is 0 Å². The van der Waals surface area contributed by atoms with Gasteiger partial charge in [0.1, 0.15) is 12.1 Å². The molecular weight excluding hydrogens is 328 g/mol. The average Bonchev–Trinajstić information content (AvgIpc) is 3.39. The van der Waals surface area contributed by atoms with Crippen molar-refractivity contribution in [3.8, 4) is 0 Å². The predicted octanol–water partition coefficient (Wildman–Crippen LogP) is 0.756. The van der Waals surface area contributed by atoms with Crippen LogP contribution in [-0.2, 0) is 17.1 Å². The highest BCUT2D eigenvalue weighted by Crippen LogP contribution is 2.33. The van der Waals surface area contributed by atoms with Crippen LogP contribution in [-0.4, -0.2) is 63.9 Å². The van der Waals surface area contributed by atoms with Gasteiger partial charge in [-0.2, -0.15) is 5.10 Å². The zero-order valence-corrected chi connectivity index (χ0v) is 14.8. The minimum atomic E-state index is -3.10. The summed E-state index contributed by atoms with van der Waals surface area (Å²) < 4.78 is 28.2. The van der Waals surface area contributed by atoms with Gasteiger partial charge in [0, 0.05) is 33.2 Å². The van der Waals surface area contributed by atoms with Crippen molar-refractivity contribution in [1.29, 1.82) is 0 Å². The Hall–Kier alpha value is -1.74. The van der Waals surface area contributed by atoms with E-state index in [2.05, 4.69) is 20.0 Å². The van der Waals surface area contributed by atoms with Crippen LogP contribution in [0.15, 0.2) is 12.5 Å². The molecule has 2 aliphatic rings. The molecule has 0 aromatic carbocycles. The van der Waals surface area contributed by atoms with E-state index in [-0.39, 0.29) is 11.3 Å². The van der Waals surface area contributed by atoms with Crippen LogP contribution in [0, 0.1) is 0 Å². The quantitative estimate of drug-likeness (QED) is 0.809. The molecule has 9 heteroatoms. The van der Waals surface area contributed by atoms with Crippen LogP contribution in [0.25, 0.3) is 11.0 Å². The Kier molecular flexibility index (Phi) is 3.72. The summed E-state index contributed by atoms with van der Waals surface area (Å²) in [5, 5.41) is 5.05. The summed E-state index contributed by atoms with van der Waals surface area (Å²) in [6.45, 7) is 1.58. The Morgan fingerprint density at radius 1 is 1.17 bits per heavy atom. The molecule has 1 aliphatic heterocycles. The molecule has 1 aliphatic carbocycles. The molecule has 0 atom stereocenters. The third kappa shape index (κ3) is 2.55. The average molecular weight is 350 g/mol. The lowest BCUT2D eigenvalue weighted by molar-refractivity contribution is 0.311. The maximum atomic E-state index is 12.4. The fourth-order valence-corrected chi connectivity index (χ4v) is 5.28. The standard InChI is InChI=1S/C15H22N6O2S/c1-19-14-13(9-18-19)15(17-10-16-14)21-7-5-11(6-8-21)20(2)24(22,23)12-3-4-12/h9-12H,3-8H2,1-2H3. The number of piperidine rings is 1. The second kappa shape index (κ2) is 5.66. The Labute approximate surface area is 141 Å². The third-order valence-corrected chi connectivity index (χ3v) is 7.55. The summed E-state index contributed by atoms with van der Waals surface area (Å²) in [6, 6.07) is 0.0816. The molecule has 24 heavy (non-hydrogen) atoms. The molecule has 0 spiro atoms. The lowest BCUT2D eigenvalue weighted by Gasteiger charge is -2.36. The largest absolute Gasteiger partial charge is 0.356 e. The Balaban J connectivity index is 1.49. The van der Waals surface area contributed by atoms with Crippen LogP contribution in [0.3, 0.4) is 0 Å². The van der Waals surface area contributed by atoms with Crippen LogP contribution >= 0.6 is 0 Å². The normalized spacial score (nSPS) is 20.2. The second-order valence-corrected chi connectivity index (χ2v) is 8.95. The molecule has 130 valence electrons. The first-order valence-electron chi connectivity index (χ1n) is 8.33. The van der Waals surface area contributed by atoms with Crippen LogP contribution < -0.4 is 4.90 Å². The maximum absolute atomic E-state index is 12.4. The number of nitrogens with zero attached hydrogens (tertiary/aromatic N) is 6. The van der Waals surface area contributed by atoms with E-state index in [1.54, 1.807) is 28.6 Å². The molecule has 0 bridgehead atoms. The predicted molar refractivity (Wildman–Crippen MR) is 91.2 cm³/mol. The molecule has 0 N–H and O–H groups in total. The molecule has 1 saturated heterocycles. The summed E-state index contributed by atoms with van der Waals surface area (Å²) in [5.74, 6) is 0.888. The van der Waals surface area contributed by atoms with Gasteiger partial charge in [-0.1, -0.05) is 0 Å². The number of sulfonamides is 1. The van der Waals surface area contributed by atoms with Crippen LogP contribution in [0.4, 0.5) is 5.82 Å². The first-order valence-corrected chi connectivity index (χ1v) is 9.83. The third-order valence-electron chi connectivity index (χ3n) is 5.13. The van der Waals surface area contributed by atoms with Gasteiger partial charge >= 0.3 is 0 Å². The lowest BCUT2D eigenvalue weighted by atomic mass is 10.1. The molecule has 8 nitrogen and oxygen atoms in total. The molecular formula is C15H22N6O2S. The highest BCUT2D eigenvalue weighted by Gasteiger charge is 2.41. The van der Waals surface area contributed by atoms with E-state index in [1.165, 1.54) is 0 Å². The summed E-state index contributed by atoms with van der Waals surface area (Å²) in [6.07, 6.45) is 6.61. The molecule has 0 unspecified atom stereocenters. The zero-order chi connectivity index (χ0) is 16.9. The van der Waals surface area contributed by atoms with Gasteiger partial charge in [-0.15, -0.1) is 0 Å². The fraction of sp³-hybridized carbons (Fsp3) is 0.667. The van der Waals surface area contributed by atoms with E-state index in [9.17, 15) is 8.42 Å². The van der Waals surface area contributed by atoms with E-state index >= 15 is 0 Å². The number of aryl methyl sites for hydroxylation is 1. The number of hydrogen-bond acceptors (Lipinski definition) is 6. The smallest absolute Gasteiger partial charge is 0.216 e. The molecule has 3 heterocycles. The number of rotatable bonds is 4. The first-order chi connectivity index (χ1) is 11.5. The van der Waals surface area contributed by atoms with Gasteiger partial charge < -0.3 is 4.90 Å². The molecule has 2 aromatic rings. The summed E-state index contributed by atoms with van der Waals surface area (Å²) >= 11 is 0. The molecule has 4 rings (SSSR count). The summed E-state index contributed by atoms with van der Waals surface area (Å²) in [5.41, 5.74) is 0.815. The van der Waals surface area contributed by atoms with Gasteiger partial charge in [-0.05, 0) is 25.7 Å².